The monoisotopic (exact) mass is 330 g/mol. The van der Waals surface area contributed by atoms with E-state index in [4.69, 9.17) is 9.97 Å². The van der Waals surface area contributed by atoms with Crippen molar-refractivity contribution in [1.82, 2.24) is 9.97 Å². The van der Waals surface area contributed by atoms with E-state index < -0.39 is 0 Å². The molecule has 0 amide bonds. The van der Waals surface area contributed by atoms with Gasteiger partial charge in [0, 0.05) is 30.4 Å². The molecule has 1 fully saturated rings. The van der Waals surface area contributed by atoms with Gasteiger partial charge in [0.05, 0.1) is 5.69 Å². The van der Waals surface area contributed by atoms with Crippen LogP contribution in [0.2, 0.25) is 0 Å². The normalized spacial score (nSPS) is 13.9. The lowest BCUT2D eigenvalue weighted by atomic mass is 10.1. The number of hydrogen-bond donors (Lipinski definition) is 1. The van der Waals surface area contributed by atoms with Crippen molar-refractivity contribution in [2.45, 2.75) is 19.8 Å². The fourth-order valence-corrected chi connectivity index (χ4v) is 3.21. The molecule has 0 aliphatic carbocycles. The van der Waals surface area contributed by atoms with Gasteiger partial charge < -0.3 is 10.2 Å². The third kappa shape index (κ3) is 3.63. The van der Waals surface area contributed by atoms with Crippen molar-refractivity contribution in [1.29, 1.82) is 0 Å². The number of nitrogens with one attached hydrogen (secondary N) is 1. The quantitative estimate of drug-likeness (QED) is 0.746. The van der Waals surface area contributed by atoms with Crippen LogP contribution in [0, 0.1) is 6.92 Å². The van der Waals surface area contributed by atoms with Crippen molar-refractivity contribution in [2.24, 2.45) is 0 Å². The number of hydrogen-bond acceptors (Lipinski definition) is 4. The molecule has 4 heteroatoms. The summed E-state index contributed by atoms with van der Waals surface area (Å²) >= 11 is 0. The first-order valence-corrected chi connectivity index (χ1v) is 8.81. The minimum atomic E-state index is 0.647. The predicted molar refractivity (Wildman–Crippen MR) is 103 cm³/mol. The van der Waals surface area contributed by atoms with E-state index in [1.165, 1.54) is 18.4 Å². The standard InChI is InChI=1S/C21H22N4/c1-16-8-7-11-18(14-16)22-21-23-19(17-9-3-2-4-10-17)15-20(24-21)25-12-5-6-13-25/h2-4,7-11,14-15H,5-6,12-13H2,1H3,(H,22,23,24). The van der Waals surface area contributed by atoms with Crippen LogP contribution >= 0.6 is 0 Å². The van der Waals surface area contributed by atoms with Gasteiger partial charge in [0.15, 0.2) is 0 Å². The van der Waals surface area contributed by atoms with Gasteiger partial charge >= 0.3 is 0 Å². The van der Waals surface area contributed by atoms with E-state index in [1.807, 2.05) is 30.3 Å². The van der Waals surface area contributed by atoms with Gasteiger partial charge in [0.25, 0.3) is 0 Å². The van der Waals surface area contributed by atoms with Crippen molar-refractivity contribution in [2.75, 3.05) is 23.3 Å². The van der Waals surface area contributed by atoms with E-state index in [0.717, 1.165) is 35.9 Å². The van der Waals surface area contributed by atoms with E-state index in [2.05, 4.69) is 47.5 Å². The van der Waals surface area contributed by atoms with Crippen LogP contribution in [0.15, 0.2) is 60.7 Å². The molecule has 1 aromatic heterocycles. The first kappa shape index (κ1) is 15.6. The highest BCUT2D eigenvalue weighted by molar-refractivity contribution is 5.66. The van der Waals surface area contributed by atoms with Crippen molar-refractivity contribution in [3.8, 4) is 11.3 Å². The average molecular weight is 330 g/mol. The molecular weight excluding hydrogens is 308 g/mol. The zero-order valence-corrected chi connectivity index (χ0v) is 14.4. The first-order chi connectivity index (χ1) is 12.3. The lowest BCUT2D eigenvalue weighted by Gasteiger charge is -2.18. The molecule has 0 radical (unpaired) electrons. The Kier molecular flexibility index (Phi) is 4.34. The van der Waals surface area contributed by atoms with Gasteiger partial charge in [0.2, 0.25) is 5.95 Å². The van der Waals surface area contributed by atoms with Gasteiger partial charge in [-0.05, 0) is 37.5 Å². The van der Waals surface area contributed by atoms with Crippen LogP contribution in [0.25, 0.3) is 11.3 Å². The van der Waals surface area contributed by atoms with Crippen molar-refractivity contribution >= 4 is 17.5 Å². The summed E-state index contributed by atoms with van der Waals surface area (Å²) in [6.45, 7) is 4.21. The molecule has 126 valence electrons. The molecular formula is C21H22N4. The summed E-state index contributed by atoms with van der Waals surface area (Å²) in [5, 5.41) is 3.37. The average Bonchev–Trinajstić information content (AvgIpc) is 3.17. The second-order valence-corrected chi connectivity index (χ2v) is 6.49. The summed E-state index contributed by atoms with van der Waals surface area (Å²) in [6.07, 6.45) is 2.45. The minimum Gasteiger partial charge on any atom is -0.356 e. The third-order valence-electron chi connectivity index (χ3n) is 4.49. The van der Waals surface area contributed by atoms with Crippen molar-refractivity contribution in [3.63, 3.8) is 0 Å². The Bertz CT molecular complexity index is 855. The molecule has 2 aromatic carbocycles. The van der Waals surface area contributed by atoms with Crippen LogP contribution in [0.4, 0.5) is 17.5 Å². The largest absolute Gasteiger partial charge is 0.356 e. The molecule has 0 unspecified atom stereocenters. The summed E-state index contributed by atoms with van der Waals surface area (Å²) in [5.41, 5.74) is 4.28. The Balaban J connectivity index is 1.73. The highest BCUT2D eigenvalue weighted by Crippen LogP contribution is 2.27. The fourth-order valence-electron chi connectivity index (χ4n) is 3.21. The molecule has 1 aliphatic heterocycles. The highest BCUT2D eigenvalue weighted by Gasteiger charge is 2.16. The van der Waals surface area contributed by atoms with Crippen LogP contribution in [-0.2, 0) is 0 Å². The number of benzene rings is 2. The predicted octanol–water partition coefficient (Wildman–Crippen LogP) is 4.80. The Morgan fingerprint density at radius 1 is 0.880 bits per heavy atom. The minimum absolute atomic E-state index is 0.647. The molecule has 0 saturated carbocycles. The molecule has 3 aromatic rings. The lowest BCUT2D eigenvalue weighted by Crippen LogP contribution is -2.19. The molecule has 0 atom stereocenters. The Morgan fingerprint density at radius 3 is 2.44 bits per heavy atom. The van der Waals surface area contributed by atoms with Gasteiger partial charge in [0.1, 0.15) is 5.82 Å². The number of aryl methyl sites for hydroxylation is 1. The van der Waals surface area contributed by atoms with Gasteiger partial charge in [-0.15, -0.1) is 0 Å². The maximum Gasteiger partial charge on any atom is 0.229 e. The number of rotatable bonds is 4. The van der Waals surface area contributed by atoms with Crippen LogP contribution in [0.3, 0.4) is 0 Å². The van der Waals surface area contributed by atoms with Crippen LogP contribution in [0.5, 0.6) is 0 Å². The van der Waals surface area contributed by atoms with Gasteiger partial charge in [-0.3, -0.25) is 0 Å². The molecule has 4 rings (SSSR count). The summed E-state index contributed by atoms with van der Waals surface area (Å²) < 4.78 is 0. The molecule has 4 nitrogen and oxygen atoms in total. The summed E-state index contributed by atoms with van der Waals surface area (Å²) in [4.78, 5) is 11.9. The second-order valence-electron chi connectivity index (χ2n) is 6.49. The number of aromatic nitrogens is 2. The topological polar surface area (TPSA) is 41.1 Å². The summed E-state index contributed by atoms with van der Waals surface area (Å²) in [5.74, 6) is 1.65. The van der Waals surface area contributed by atoms with E-state index in [0.29, 0.717) is 5.95 Å². The second kappa shape index (κ2) is 6.93. The van der Waals surface area contributed by atoms with Gasteiger partial charge in [-0.2, -0.15) is 4.98 Å². The first-order valence-electron chi connectivity index (χ1n) is 8.81. The zero-order chi connectivity index (χ0) is 17.1. The molecule has 25 heavy (non-hydrogen) atoms. The number of anilines is 3. The maximum absolute atomic E-state index is 4.77. The van der Waals surface area contributed by atoms with Crippen molar-refractivity contribution < 1.29 is 0 Å². The Morgan fingerprint density at radius 2 is 1.68 bits per heavy atom. The molecule has 0 spiro atoms. The smallest absolute Gasteiger partial charge is 0.229 e. The van der Waals surface area contributed by atoms with Gasteiger partial charge in [-0.1, -0.05) is 42.5 Å². The Hall–Kier alpha value is -2.88. The zero-order valence-electron chi connectivity index (χ0n) is 14.4. The van der Waals surface area contributed by atoms with E-state index in [9.17, 15) is 0 Å². The molecule has 2 heterocycles. The van der Waals surface area contributed by atoms with E-state index >= 15 is 0 Å². The van der Waals surface area contributed by atoms with E-state index in [-0.39, 0.29) is 0 Å². The molecule has 1 saturated heterocycles. The third-order valence-corrected chi connectivity index (χ3v) is 4.49. The molecule has 0 bridgehead atoms. The SMILES string of the molecule is Cc1cccc(Nc2nc(-c3ccccc3)cc(N3CCCC3)n2)c1. The summed E-state index contributed by atoms with van der Waals surface area (Å²) in [7, 11) is 0. The van der Waals surface area contributed by atoms with Gasteiger partial charge in [-0.25, -0.2) is 4.98 Å². The molecule has 1 aliphatic rings. The number of nitrogens with zero attached hydrogens (tertiary/aromatic N) is 3. The Labute approximate surface area is 148 Å². The lowest BCUT2D eigenvalue weighted by molar-refractivity contribution is 0.931. The van der Waals surface area contributed by atoms with Crippen LogP contribution < -0.4 is 10.2 Å². The van der Waals surface area contributed by atoms with Crippen molar-refractivity contribution in [3.05, 3.63) is 66.2 Å². The fraction of sp³-hybridized carbons (Fsp3) is 0.238. The summed E-state index contributed by atoms with van der Waals surface area (Å²) in [6, 6.07) is 20.7. The highest BCUT2D eigenvalue weighted by atomic mass is 15.2. The maximum atomic E-state index is 4.77. The molecule has 1 N–H and O–H groups in total. The van der Waals surface area contributed by atoms with Crippen LogP contribution in [-0.4, -0.2) is 23.1 Å². The van der Waals surface area contributed by atoms with Crippen LogP contribution in [0.1, 0.15) is 18.4 Å². The van der Waals surface area contributed by atoms with E-state index in [1.54, 1.807) is 0 Å².